The van der Waals surface area contributed by atoms with Crippen LogP contribution >= 0.6 is 10.7 Å². The van der Waals surface area contributed by atoms with E-state index in [9.17, 15) is 8.42 Å². The maximum Gasteiger partial charge on any atom is 0.280 e. The van der Waals surface area contributed by atoms with Gasteiger partial charge in [-0.15, -0.1) is 0 Å². The standard InChI is InChI=1S/C13H21ClN2O2S/c1-3-10-5-7-11(8-6-10)16-9-13(19(14,17)18)15-12(16)4-2/h9-11H,3-8H2,1-2H3. The van der Waals surface area contributed by atoms with Crippen LogP contribution in [-0.4, -0.2) is 18.0 Å². The highest BCUT2D eigenvalue weighted by Gasteiger charge is 2.25. The van der Waals surface area contributed by atoms with Crippen LogP contribution in [0, 0.1) is 5.92 Å². The molecule has 1 aliphatic rings. The Morgan fingerprint density at radius 1 is 1.32 bits per heavy atom. The third kappa shape index (κ3) is 3.31. The molecule has 0 aromatic carbocycles. The van der Waals surface area contributed by atoms with E-state index in [-0.39, 0.29) is 5.03 Å². The Morgan fingerprint density at radius 3 is 2.42 bits per heavy atom. The number of aryl methyl sites for hydroxylation is 1. The van der Waals surface area contributed by atoms with Gasteiger partial charge in [0.25, 0.3) is 9.05 Å². The molecule has 0 radical (unpaired) electrons. The fourth-order valence-electron chi connectivity index (χ4n) is 2.93. The van der Waals surface area contributed by atoms with Gasteiger partial charge < -0.3 is 4.57 Å². The smallest absolute Gasteiger partial charge is 0.280 e. The highest BCUT2D eigenvalue weighted by molar-refractivity contribution is 8.13. The minimum absolute atomic E-state index is 0.0105. The Morgan fingerprint density at radius 2 is 1.95 bits per heavy atom. The lowest BCUT2D eigenvalue weighted by atomic mass is 9.84. The Labute approximate surface area is 119 Å². The van der Waals surface area contributed by atoms with Crippen molar-refractivity contribution in [3.63, 3.8) is 0 Å². The van der Waals surface area contributed by atoms with Crippen LogP contribution in [-0.2, 0) is 15.5 Å². The van der Waals surface area contributed by atoms with Crippen LogP contribution in [0.4, 0.5) is 0 Å². The lowest BCUT2D eigenvalue weighted by Crippen LogP contribution is -2.19. The summed E-state index contributed by atoms with van der Waals surface area (Å²) in [5, 5.41) is -0.0105. The predicted molar refractivity (Wildman–Crippen MR) is 75.9 cm³/mol. The molecule has 19 heavy (non-hydrogen) atoms. The van der Waals surface area contributed by atoms with E-state index in [0.29, 0.717) is 6.04 Å². The van der Waals surface area contributed by atoms with Crippen LogP contribution in [0.5, 0.6) is 0 Å². The second-order valence-electron chi connectivity index (χ2n) is 5.28. The topological polar surface area (TPSA) is 52.0 Å². The van der Waals surface area contributed by atoms with Crippen molar-refractivity contribution < 1.29 is 8.42 Å². The van der Waals surface area contributed by atoms with Crippen LogP contribution in [0.25, 0.3) is 0 Å². The average molecular weight is 305 g/mol. The minimum atomic E-state index is -3.73. The third-order valence-corrected chi connectivity index (χ3v) is 5.31. The normalized spacial score (nSPS) is 24.6. The summed E-state index contributed by atoms with van der Waals surface area (Å²) >= 11 is 0. The van der Waals surface area contributed by atoms with Gasteiger partial charge in [-0.25, -0.2) is 13.4 Å². The predicted octanol–water partition coefficient (Wildman–Crippen LogP) is 3.51. The largest absolute Gasteiger partial charge is 0.330 e. The van der Waals surface area contributed by atoms with Crippen molar-refractivity contribution >= 4 is 19.7 Å². The molecule has 108 valence electrons. The highest BCUT2D eigenvalue weighted by Crippen LogP contribution is 2.35. The Balaban J connectivity index is 2.23. The first-order chi connectivity index (χ1) is 8.95. The molecule has 0 saturated heterocycles. The third-order valence-electron chi connectivity index (χ3n) is 4.14. The summed E-state index contributed by atoms with van der Waals surface area (Å²) < 4.78 is 24.8. The fourth-order valence-corrected chi connectivity index (χ4v) is 3.61. The van der Waals surface area contributed by atoms with Gasteiger partial charge in [-0.05, 0) is 31.6 Å². The Hall–Kier alpha value is -0.550. The van der Waals surface area contributed by atoms with E-state index in [4.69, 9.17) is 10.7 Å². The van der Waals surface area contributed by atoms with Crippen molar-refractivity contribution in [1.29, 1.82) is 0 Å². The van der Waals surface area contributed by atoms with Crippen molar-refractivity contribution in [2.24, 2.45) is 5.92 Å². The van der Waals surface area contributed by atoms with Crippen molar-refractivity contribution in [1.82, 2.24) is 9.55 Å². The Kier molecular flexibility index (Phi) is 4.56. The van der Waals surface area contributed by atoms with Crippen LogP contribution in [0.1, 0.15) is 57.8 Å². The maximum absolute atomic E-state index is 11.4. The molecular weight excluding hydrogens is 284 g/mol. The Bertz CT molecular complexity index is 531. The zero-order valence-corrected chi connectivity index (χ0v) is 13.0. The first-order valence-corrected chi connectivity index (χ1v) is 9.29. The summed E-state index contributed by atoms with van der Waals surface area (Å²) in [6, 6.07) is 0.373. The number of imidazole rings is 1. The molecule has 4 nitrogen and oxygen atoms in total. The first-order valence-electron chi connectivity index (χ1n) is 6.98. The summed E-state index contributed by atoms with van der Waals surface area (Å²) in [5.74, 6) is 1.64. The number of halogens is 1. The van der Waals surface area contributed by atoms with Crippen LogP contribution in [0.3, 0.4) is 0 Å². The molecule has 1 fully saturated rings. The van der Waals surface area contributed by atoms with Crippen LogP contribution in [0.15, 0.2) is 11.2 Å². The second kappa shape index (κ2) is 5.83. The summed E-state index contributed by atoms with van der Waals surface area (Å²) in [7, 11) is 1.65. The van der Waals surface area contributed by atoms with E-state index in [2.05, 4.69) is 11.9 Å². The summed E-state index contributed by atoms with van der Waals surface area (Å²) in [5.41, 5.74) is 0. The number of nitrogens with zero attached hydrogens (tertiary/aromatic N) is 2. The zero-order valence-electron chi connectivity index (χ0n) is 11.5. The molecule has 0 spiro atoms. The minimum Gasteiger partial charge on any atom is -0.330 e. The average Bonchev–Trinajstić information content (AvgIpc) is 2.83. The number of hydrogen-bond acceptors (Lipinski definition) is 3. The number of aromatic nitrogens is 2. The van der Waals surface area contributed by atoms with Gasteiger partial charge in [-0.3, -0.25) is 0 Å². The van der Waals surface area contributed by atoms with Gasteiger partial charge in [-0.1, -0.05) is 20.3 Å². The molecule has 0 N–H and O–H groups in total. The van der Waals surface area contributed by atoms with Gasteiger partial charge in [0, 0.05) is 29.3 Å². The van der Waals surface area contributed by atoms with Crippen LogP contribution in [0.2, 0.25) is 0 Å². The quantitative estimate of drug-likeness (QED) is 0.800. The first kappa shape index (κ1) is 14.9. The molecule has 1 aromatic rings. The van der Waals surface area contributed by atoms with Gasteiger partial charge in [0.1, 0.15) is 5.82 Å². The van der Waals surface area contributed by atoms with Gasteiger partial charge in [0.15, 0.2) is 5.03 Å². The lowest BCUT2D eigenvalue weighted by molar-refractivity contribution is 0.266. The second-order valence-corrected chi connectivity index (χ2v) is 7.79. The van der Waals surface area contributed by atoms with Crippen molar-refractivity contribution in [2.45, 2.75) is 63.4 Å². The summed E-state index contributed by atoms with van der Waals surface area (Å²) in [4.78, 5) is 4.16. The molecule has 0 unspecified atom stereocenters. The number of rotatable bonds is 4. The van der Waals surface area contributed by atoms with E-state index in [1.54, 1.807) is 6.20 Å². The van der Waals surface area contributed by atoms with Gasteiger partial charge in [0.05, 0.1) is 0 Å². The van der Waals surface area contributed by atoms with E-state index in [1.807, 2.05) is 11.5 Å². The fraction of sp³-hybridized carbons (Fsp3) is 0.769. The van der Waals surface area contributed by atoms with E-state index >= 15 is 0 Å². The number of hydrogen-bond donors (Lipinski definition) is 0. The van der Waals surface area contributed by atoms with Crippen molar-refractivity contribution in [3.8, 4) is 0 Å². The van der Waals surface area contributed by atoms with Crippen LogP contribution < -0.4 is 0 Å². The highest BCUT2D eigenvalue weighted by atomic mass is 35.7. The molecule has 0 aliphatic heterocycles. The molecule has 1 aliphatic carbocycles. The molecule has 0 atom stereocenters. The van der Waals surface area contributed by atoms with E-state index in [1.165, 1.54) is 19.3 Å². The molecule has 1 saturated carbocycles. The zero-order chi connectivity index (χ0) is 14.0. The van der Waals surface area contributed by atoms with E-state index < -0.39 is 9.05 Å². The molecule has 0 bridgehead atoms. The monoisotopic (exact) mass is 304 g/mol. The van der Waals surface area contributed by atoms with Gasteiger partial charge in [-0.2, -0.15) is 0 Å². The lowest BCUT2D eigenvalue weighted by Gasteiger charge is -2.29. The molecule has 1 aromatic heterocycles. The summed E-state index contributed by atoms with van der Waals surface area (Å²) in [6.45, 7) is 4.22. The SMILES string of the molecule is CCc1nc(S(=O)(=O)Cl)cn1C1CCC(CC)CC1. The molecule has 1 heterocycles. The van der Waals surface area contributed by atoms with Crippen molar-refractivity contribution in [2.75, 3.05) is 0 Å². The maximum atomic E-state index is 11.4. The molecular formula is C13H21ClN2O2S. The van der Waals surface area contributed by atoms with Gasteiger partial charge in [0.2, 0.25) is 0 Å². The van der Waals surface area contributed by atoms with Crippen molar-refractivity contribution in [3.05, 3.63) is 12.0 Å². The summed E-state index contributed by atoms with van der Waals surface area (Å²) in [6.07, 6.45) is 8.20. The molecule has 6 heteroatoms. The molecule has 2 rings (SSSR count). The van der Waals surface area contributed by atoms with Gasteiger partial charge >= 0.3 is 0 Å². The molecule has 0 amide bonds. The van der Waals surface area contributed by atoms with E-state index in [0.717, 1.165) is 31.0 Å².